The van der Waals surface area contributed by atoms with Crippen LogP contribution in [0.1, 0.15) is 25.8 Å². The zero-order chi connectivity index (χ0) is 13.4. The molecule has 0 aliphatic heterocycles. The lowest BCUT2D eigenvalue weighted by Gasteiger charge is -2.31. The molecule has 1 aromatic carbocycles. The average molecular weight is 251 g/mol. The van der Waals surface area contributed by atoms with E-state index in [-0.39, 0.29) is 12.0 Å². The molecule has 0 fully saturated rings. The smallest absolute Gasteiger partial charge is 0.0541 e. The van der Waals surface area contributed by atoms with Crippen molar-refractivity contribution in [3.63, 3.8) is 0 Å². The van der Waals surface area contributed by atoms with Gasteiger partial charge in [0, 0.05) is 25.2 Å². The highest BCUT2D eigenvalue weighted by Crippen LogP contribution is 2.26. The lowest BCUT2D eigenvalue weighted by atomic mass is 9.78. The summed E-state index contributed by atoms with van der Waals surface area (Å²) in [5, 5.41) is 9.70. The quantitative estimate of drug-likeness (QED) is 0.694. The highest BCUT2D eigenvalue weighted by Gasteiger charge is 2.29. The second-order valence-corrected chi connectivity index (χ2v) is 5.23. The number of rotatable bonds is 8. The van der Waals surface area contributed by atoms with E-state index in [2.05, 4.69) is 13.8 Å². The van der Waals surface area contributed by atoms with E-state index < -0.39 is 0 Å². The van der Waals surface area contributed by atoms with Gasteiger partial charge in [-0.25, -0.2) is 0 Å². The Morgan fingerprint density at radius 2 is 1.94 bits per heavy atom. The molecule has 0 saturated heterocycles. The normalized spacial score (nSPS) is 14.7. The zero-order valence-corrected chi connectivity index (χ0v) is 11.4. The molecule has 0 aliphatic carbocycles. The Bertz CT molecular complexity index is 321. The van der Waals surface area contributed by atoms with Crippen LogP contribution in [0.4, 0.5) is 0 Å². The van der Waals surface area contributed by atoms with Gasteiger partial charge in [-0.05, 0) is 17.9 Å². The third-order valence-electron chi connectivity index (χ3n) is 3.26. The topological polar surface area (TPSA) is 55.5 Å². The molecule has 18 heavy (non-hydrogen) atoms. The second kappa shape index (κ2) is 7.52. The van der Waals surface area contributed by atoms with Crippen molar-refractivity contribution in [2.75, 3.05) is 26.4 Å². The fourth-order valence-electron chi connectivity index (χ4n) is 1.98. The highest BCUT2D eigenvalue weighted by atomic mass is 16.5. The van der Waals surface area contributed by atoms with Crippen LogP contribution in [0.5, 0.6) is 0 Å². The minimum atomic E-state index is -0.377. The summed E-state index contributed by atoms with van der Waals surface area (Å²) in [4.78, 5) is 0. The van der Waals surface area contributed by atoms with Crippen molar-refractivity contribution in [2.24, 2.45) is 11.7 Å². The summed E-state index contributed by atoms with van der Waals surface area (Å²) in [6, 6.07) is 9.96. The van der Waals surface area contributed by atoms with Crippen molar-refractivity contribution >= 4 is 0 Å². The number of hydrogen-bond donors (Lipinski definition) is 2. The van der Waals surface area contributed by atoms with Gasteiger partial charge in [0.1, 0.15) is 0 Å². The molecule has 1 atom stereocenters. The van der Waals surface area contributed by atoms with Crippen LogP contribution in [-0.2, 0) is 10.2 Å². The van der Waals surface area contributed by atoms with Crippen molar-refractivity contribution in [3.8, 4) is 0 Å². The van der Waals surface area contributed by atoms with Crippen LogP contribution < -0.4 is 5.73 Å². The predicted octanol–water partition coefficient (Wildman–Crippen LogP) is 1.94. The molecule has 0 saturated carbocycles. The molecule has 0 radical (unpaired) electrons. The minimum absolute atomic E-state index is 0.0541. The van der Waals surface area contributed by atoms with E-state index in [1.54, 1.807) is 0 Å². The molecule has 0 bridgehead atoms. The van der Waals surface area contributed by atoms with E-state index in [0.29, 0.717) is 19.1 Å². The third kappa shape index (κ3) is 4.09. The standard InChI is InChI=1S/C15H25NO2/c1-13(2)10-18-9-8-15(11-16,12-17)14-6-4-3-5-7-14/h3-7,13,17H,8-12,16H2,1-2H3. The maximum atomic E-state index is 9.70. The maximum Gasteiger partial charge on any atom is 0.0541 e. The first-order valence-electron chi connectivity index (χ1n) is 6.59. The number of aliphatic hydroxyl groups excluding tert-OH is 1. The number of ether oxygens (including phenoxy) is 1. The Balaban J connectivity index is 2.64. The fraction of sp³-hybridized carbons (Fsp3) is 0.600. The van der Waals surface area contributed by atoms with Crippen molar-refractivity contribution < 1.29 is 9.84 Å². The van der Waals surface area contributed by atoms with Crippen LogP contribution in [0, 0.1) is 5.92 Å². The van der Waals surface area contributed by atoms with Gasteiger partial charge < -0.3 is 15.6 Å². The van der Waals surface area contributed by atoms with Gasteiger partial charge in [-0.2, -0.15) is 0 Å². The van der Waals surface area contributed by atoms with E-state index in [0.717, 1.165) is 18.6 Å². The van der Waals surface area contributed by atoms with E-state index in [1.807, 2.05) is 30.3 Å². The number of hydrogen-bond acceptors (Lipinski definition) is 3. The highest BCUT2D eigenvalue weighted by molar-refractivity contribution is 5.26. The number of benzene rings is 1. The lowest BCUT2D eigenvalue weighted by Crippen LogP contribution is -2.40. The van der Waals surface area contributed by atoms with Gasteiger partial charge in [0.05, 0.1) is 6.61 Å². The van der Waals surface area contributed by atoms with E-state index in [4.69, 9.17) is 10.5 Å². The molecule has 1 unspecified atom stereocenters. The molecule has 0 spiro atoms. The molecule has 0 heterocycles. The second-order valence-electron chi connectivity index (χ2n) is 5.23. The third-order valence-corrected chi connectivity index (χ3v) is 3.26. The SMILES string of the molecule is CC(C)COCCC(CN)(CO)c1ccccc1. The monoisotopic (exact) mass is 251 g/mol. The summed E-state index contributed by atoms with van der Waals surface area (Å²) in [6.45, 7) is 6.11. The van der Waals surface area contributed by atoms with E-state index in [1.165, 1.54) is 0 Å². The molecule has 3 heteroatoms. The summed E-state index contributed by atoms with van der Waals surface area (Å²) in [7, 11) is 0. The summed E-state index contributed by atoms with van der Waals surface area (Å²) in [5.74, 6) is 0.531. The van der Waals surface area contributed by atoms with Crippen LogP contribution in [0.3, 0.4) is 0 Å². The molecule has 3 nitrogen and oxygen atoms in total. The first-order chi connectivity index (χ1) is 8.64. The molecule has 1 aromatic rings. The van der Waals surface area contributed by atoms with Gasteiger partial charge in [-0.1, -0.05) is 44.2 Å². The van der Waals surface area contributed by atoms with Gasteiger partial charge in [-0.15, -0.1) is 0 Å². The fourth-order valence-corrected chi connectivity index (χ4v) is 1.98. The van der Waals surface area contributed by atoms with Crippen LogP contribution in [0.2, 0.25) is 0 Å². The molecule has 1 rings (SSSR count). The Morgan fingerprint density at radius 1 is 1.28 bits per heavy atom. The molecule has 0 aromatic heterocycles. The van der Waals surface area contributed by atoms with E-state index >= 15 is 0 Å². The van der Waals surface area contributed by atoms with Crippen LogP contribution in [-0.4, -0.2) is 31.5 Å². The Labute approximate surface area is 110 Å². The molecular weight excluding hydrogens is 226 g/mol. The summed E-state index contributed by atoms with van der Waals surface area (Å²) >= 11 is 0. The Hall–Kier alpha value is -0.900. The van der Waals surface area contributed by atoms with Crippen LogP contribution in [0.25, 0.3) is 0 Å². The molecule has 3 N–H and O–H groups in total. The number of aliphatic hydroxyl groups is 1. The summed E-state index contributed by atoms with van der Waals surface area (Å²) < 4.78 is 5.61. The largest absolute Gasteiger partial charge is 0.395 e. The molecule has 0 aliphatic rings. The summed E-state index contributed by atoms with van der Waals surface area (Å²) in [6.07, 6.45) is 0.747. The van der Waals surface area contributed by atoms with Gasteiger partial charge in [0.15, 0.2) is 0 Å². The summed E-state index contributed by atoms with van der Waals surface area (Å²) in [5.41, 5.74) is 6.59. The van der Waals surface area contributed by atoms with Crippen LogP contribution in [0.15, 0.2) is 30.3 Å². The first-order valence-corrected chi connectivity index (χ1v) is 6.59. The van der Waals surface area contributed by atoms with Gasteiger partial charge in [0.25, 0.3) is 0 Å². The Morgan fingerprint density at radius 3 is 2.44 bits per heavy atom. The van der Waals surface area contributed by atoms with Crippen molar-refractivity contribution in [1.29, 1.82) is 0 Å². The Kier molecular flexibility index (Phi) is 6.33. The average Bonchev–Trinajstić information content (AvgIpc) is 2.40. The first kappa shape index (κ1) is 15.2. The van der Waals surface area contributed by atoms with Crippen molar-refractivity contribution in [1.82, 2.24) is 0 Å². The van der Waals surface area contributed by atoms with Gasteiger partial charge in [0.2, 0.25) is 0 Å². The van der Waals surface area contributed by atoms with Gasteiger partial charge in [-0.3, -0.25) is 0 Å². The molecule has 102 valence electrons. The lowest BCUT2D eigenvalue weighted by molar-refractivity contribution is 0.0790. The minimum Gasteiger partial charge on any atom is -0.395 e. The van der Waals surface area contributed by atoms with E-state index in [9.17, 15) is 5.11 Å². The van der Waals surface area contributed by atoms with Crippen molar-refractivity contribution in [3.05, 3.63) is 35.9 Å². The zero-order valence-electron chi connectivity index (χ0n) is 11.4. The molecule has 0 amide bonds. The van der Waals surface area contributed by atoms with Crippen LogP contribution >= 0.6 is 0 Å². The molecular formula is C15H25NO2. The maximum absolute atomic E-state index is 9.70. The predicted molar refractivity (Wildman–Crippen MR) is 74.5 cm³/mol. The van der Waals surface area contributed by atoms with Gasteiger partial charge >= 0.3 is 0 Å². The number of nitrogens with two attached hydrogens (primary N) is 1. The van der Waals surface area contributed by atoms with Crippen molar-refractivity contribution in [2.45, 2.75) is 25.7 Å².